The number of aromatic nitrogens is 4. The van der Waals surface area contributed by atoms with Crippen molar-refractivity contribution in [2.45, 2.75) is 83.8 Å². The maximum absolute atomic E-state index is 13.9. The monoisotopic (exact) mass is 1080 g/mol. The third-order valence-electron chi connectivity index (χ3n) is 13.7. The molecule has 0 radical (unpaired) electrons. The molecule has 3 aliphatic rings. The fraction of sp³-hybridized carbons (Fsp3) is 0.509. The van der Waals surface area contributed by atoms with Crippen molar-refractivity contribution in [3.63, 3.8) is 0 Å². The number of hydrogen-bond acceptors (Lipinski definition) is 19. The molecule has 21 nitrogen and oxygen atoms in total. The number of anilines is 3. The minimum Gasteiger partial charge on any atom is -0.507 e. The third-order valence-corrected chi connectivity index (χ3v) is 14.7. The van der Waals surface area contributed by atoms with Gasteiger partial charge in [-0.05, 0) is 60.6 Å². The number of nitrogen functional groups attached to an aromatic ring is 1. The number of thiazole rings is 1. The van der Waals surface area contributed by atoms with Crippen LogP contribution in [0.4, 0.5) is 17.2 Å². The number of para-hydroxylation sites is 1. The van der Waals surface area contributed by atoms with Crippen LogP contribution in [0.3, 0.4) is 0 Å². The van der Waals surface area contributed by atoms with Crippen LogP contribution in [0.5, 0.6) is 11.6 Å². The van der Waals surface area contributed by atoms with E-state index in [4.69, 9.17) is 34.2 Å². The maximum Gasteiger partial charge on any atom is 0.246 e. The fourth-order valence-electron chi connectivity index (χ4n) is 9.86. The second-order valence-corrected chi connectivity index (χ2v) is 21.2. The zero-order chi connectivity index (χ0) is 54.3. The summed E-state index contributed by atoms with van der Waals surface area (Å²) >= 11 is 1.57. The number of amides is 3. The van der Waals surface area contributed by atoms with Gasteiger partial charge in [0.05, 0.1) is 93.0 Å². The molecule has 77 heavy (non-hydrogen) atoms. The predicted molar refractivity (Wildman–Crippen MR) is 291 cm³/mol. The number of nitrogens with zero attached hydrogens (tertiary/aromatic N) is 7. The van der Waals surface area contributed by atoms with Crippen LogP contribution in [-0.4, -0.2) is 176 Å². The Kier molecular flexibility index (Phi) is 20.0. The van der Waals surface area contributed by atoms with Crippen LogP contribution in [0, 0.1) is 12.3 Å². The van der Waals surface area contributed by atoms with Crippen molar-refractivity contribution in [2.75, 3.05) is 108 Å². The van der Waals surface area contributed by atoms with Crippen LogP contribution >= 0.6 is 11.3 Å². The van der Waals surface area contributed by atoms with Crippen molar-refractivity contribution in [3.8, 4) is 33.3 Å². The molecule has 5 aromatic rings. The molecule has 3 saturated heterocycles. The van der Waals surface area contributed by atoms with Crippen LogP contribution in [0.25, 0.3) is 21.7 Å². The largest absolute Gasteiger partial charge is 0.507 e. The van der Waals surface area contributed by atoms with Crippen molar-refractivity contribution in [1.29, 1.82) is 0 Å². The molecule has 8 rings (SSSR count). The van der Waals surface area contributed by atoms with E-state index in [1.807, 2.05) is 87.8 Å². The third kappa shape index (κ3) is 15.4. The first kappa shape index (κ1) is 56.7. The second-order valence-electron chi connectivity index (χ2n) is 20.4. The lowest BCUT2D eigenvalue weighted by Crippen LogP contribution is -2.58. The number of aliphatic hydroxyl groups excluding tert-OH is 1. The number of piperazine rings is 1. The van der Waals surface area contributed by atoms with E-state index in [0.717, 1.165) is 59.0 Å². The van der Waals surface area contributed by atoms with Crippen LogP contribution < -0.4 is 30.9 Å². The number of carbonyl (C=O) groups is 3. The van der Waals surface area contributed by atoms with E-state index < -0.39 is 35.4 Å². The number of aliphatic hydroxyl groups is 1. The van der Waals surface area contributed by atoms with Crippen molar-refractivity contribution in [3.05, 3.63) is 89.7 Å². The average molecular weight is 1080 g/mol. The van der Waals surface area contributed by atoms with Crippen LogP contribution in [0.1, 0.15) is 51.3 Å². The number of phenols is 1. The predicted octanol–water partition coefficient (Wildman–Crippen LogP) is 4.39. The Morgan fingerprint density at radius 1 is 0.818 bits per heavy atom. The number of nitrogens with two attached hydrogens (primary N) is 1. The number of rotatable bonds is 27. The molecule has 414 valence electrons. The summed E-state index contributed by atoms with van der Waals surface area (Å²) in [4.78, 5) is 56.3. The van der Waals surface area contributed by atoms with E-state index in [9.17, 15) is 24.6 Å². The number of nitrogens with one attached hydrogen (secondary N) is 2. The van der Waals surface area contributed by atoms with Gasteiger partial charge in [0.15, 0.2) is 5.82 Å². The number of benzene rings is 2. The Morgan fingerprint density at radius 3 is 2.10 bits per heavy atom. The van der Waals surface area contributed by atoms with Gasteiger partial charge in [-0.15, -0.1) is 21.5 Å². The molecule has 3 aromatic heterocycles. The minimum atomic E-state index is -0.968. The summed E-state index contributed by atoms with van der Waals surface area (Å²) < 4.78 is 34.0. The number of ether oxygens (including phenoxy) is 6. The number of pyridine rings is 1. The summed E-state index contributed by atoms with van der Waals surface area (Å²) in [5.41, 5.74) is 13.4. The number of hydrogen-bond donors (Lipinski definition) is 5. The second kappa shape index (κ2) is 27.2. The summed E-state index contributed by atoms with van der Waals surface area (Å²) in [5.74, 6) is -0.262. The first-order valence-electron chi connectivity index (χ1n) is 26.2. The Morgan fingerprint density at radius 2 is 1.47 bits per heavy atom. The molecule has 6 heterocycles. The summed E-state index contributed by atoms with van der Waals surface area (Å²) in [7, 11) is 0. The molecule has 3 amide bonds. The molecular weight excluding hydrogens is 1010 g/mol. The Hall–Kier alpha value is -6.53. The highest BCUT2D eigenvalue weighted by atomic mass is 32.1. The molecule has 22 heteroatoms. The van der Waals surface area contributed by atoms with Gasteiger partial charge in [0.1, 0.15) is 31.0 Å². The average Bonchev–Trinajstić information content (AvgIpc) is 4.16. The number of aromatic hydroxyl groups is 1. The summed E-state index contributed by atoms with van der Waals surface area (Å²) in [6, 6.07) is 19.5. The minimum absolute atomic E-state index is 0.0192. The molecule has 0 saturated carbocycles. The van der Waals surface area contributed by atoms with E-state index in [1.165, 1.54) is 4.90 Å². The van der Waals surface area contributed by atoms with Crippen LogP contribution in [0.15, 0.2) is 78.4 Å². The van der Waals surface area contributed by atoms with E-state index in [2.05, 4.69) is 40.6 Å². The number of β-amino-alcohol motifs (C(OH)–C–C–N with tert-alkyl or cyclic N) is 1. The number of phenolic OH excluding ortho intramolecular Hbond substituents is 1. The Labute approximate surface area is 453 Å². The van der Waals surface area contributed by atoms with E-state index in [1.54, 1.807) is 29.7 Å². The van der Waals surface area contributed by atoms with Crippen molar-refractivity contribution in [2.24, 2.45) is 5.41 Å². The summed E-state index contributed by atoms with van der Waals surface area (Å²) in [5, 5.41) is 35.2. The molecule has 3 aliphatic heterocycles. The van der Waals surface area contributed by atoms with Gasteiger partial charge in [-0.25, -0.2) is 9.97 Å². The van der Waals surface area contributed by atoms with E-state index in [0.29, 0.717) is 75.8 Å². The van der Waals surface area contributed by atoms with Crippen molar-refractivity contribution in [1.82, 2.24) is 35.7 Å². The Bertz CT molecular complexity index is 2710. The lowest BCUT2D eigenvalue weighted by molar-refractivity contribution is -0.144. The fourth-order valence-corrected chi connectivity index (χ4v) is 10.7. The molecule has 0 aliphatic carbocycles. The lowest BCUT2D eigenvalue weighted by atomic mass is 9.85. The van der Waals surface area contributed by atoms with Gasteiger partial charge in [-0.1, -0.05) is 57.2 Å². The highest BCUT2D eigenvalue weighted by molar-refractivity contribution is 7.13. The summed E-state index contributed by atoms with van der Waals surface area (Å²) in [6.07, 6.45) is 3.08. The molecule has 2 aromatic carbocycles. The van der Waals surface area contributed by atoms with Gasteiger partial charge in [0.2, 0.25) is 23.6 Å². The quantitative estimate of drug-likeness (QED) is 0.0457. The van der Waals surface area contributed by atoms with Crippen LogP contribution in [-0.2, 0) is 44.6 Å². The molecule has 0 spiro atoms. The zero-order valence-corrected chi connectivity index (χ0v) is 45.1. The van der Waals surface area contributed by atoms with Crippen molar-refractivity contribution < 1.29 is 53.0 Å². The van der Waals surface area contributed by atoms with Crippen LogP contribution in [0.2, 0.25) is 0 Å². The topological polar surface area (TPSA) is 258 Å². The van der Waals surface area contributed by atoms with Gasteiger partial charge < -0.3 is 69.7 Å². The van der Waals surface area contributed by atoms with Gasteiger partial charge in [0.25, 0.3) is 0 Å². The molecular formula is C55H72N10O11S. The number of carbonyl (C=O) groups excluding carboxylic acids is 3. The number of aryl methyl sites for hydroxylation is 1. The SMILES string of the molecule is Cc1ncsc1-c1ccc(CNC(=O)[C@@H]2C[C@@H](O)CN2C(=O)C(NC(=O)COCCOCCOCCOCCOCCOc2cc(N3[C@@H]4CC[C@H]3CN(c3cc(-c5ccccc5O)nnc3N)C4)ccn2)C(C)(C)C)cc1. The van der Waals surface area contributed by atoms with Gasteiger partial charge in [-0.3, -0.25) is 14.4 Å². The molecule has 2 bridgehead atoms. The molecule has 6 N–H and O–H groups in total. The zero-order valence-electron chi connectivity index (χ0n) is 44.3. The maximum atomic E-state index is 13.9. The highest BCUT2D eigenvalue weighted by Gasteiger charge is 2.45. The van der Waals surface area contributed by atoms with E-state index >= 15 is 0 Å². The number of likely N-dealkylation sites (tertiary alicyclic amines) is 1. The molecule has 5 atom stereocenters. The molecule has 3 fully saturated rings. The number of fused-ring (bicyclic) bond motifs is 2. The smallest absolute Gasteiger partial charge is 0.246 e. The Balaban J connectivity index is 0.637. The first-order valence-corrected chi connectivity index (χ1v) is 27.1. The van der Waals surface area contributed by atoms with Gasteiger partial charge in [-0.2, -0.15) is 0 Å². The van der Waals surface area contributed by atoms with Gasteiger partial charge in [0, 0.05) is 68.2 Å². The lowest BCUT2D eigenvalue weighted by Gasteiger charge is -2.43. The standard InChI is InChI=1S/C55H72N10O11S/c1-36-50(77-35-59-36)38-11-9-37(10-12-38)30-58-53(69)46-28-42(66)33-64(46)54(70)51(55(2,3)4)60-48(68)34-75-24-23-73-20-19-71-17-18-72-21-22-74-25-26-76-49-27-39(15-16-57-49)65-40-13-14-41(65)32-63(31-40)45-29-44(61-62-52(45)56)43-7-5-6-8-47(43)67/h5-12,15-16,27,29,35,40-42,46,51,66-67H,13-14,17-26,28,30-34H2,1-4H3,(H2,56,62)(H,58,69)(H,60,68)/t40-,41+,42-,46+,51?/m1/s1. The normalized spacial score (nSPS) is 18.6. The molecule has 1 unspecified atom stereocenters. The summed E-state index contributed by atoms with van der Waals surface area (Å²) in [6.45, 7) is 12.3. The highest BCUT2D eigenvalue weighted by Crippen LogP contribution is 2.40. The van der Waals surface area contributed by atoms with Crippen molar-refractivity contribution >= 4 is 46.3 Å². The van der Waals surface area contributed by atoms with Gasteiger partial charge >= 0.3 is 0 Å². The first-order chi connectivity index (χ1) is 37.2. The van der Waals surface area contributed by atoms with E-state index in [-0.39, 0.29) is 63.1 Å².